The summed E-state index contributed by atoms with van der Waals surface area (Å²) < 4.78 is 5.75. The summed E-state index contributed by atoms with van der Waals surface area (Å²) in [6.07, 6.45) is 9.18. The minimum absolute atomic E-state index is 0.259. The van der Waals surface area contributed by atoms with E-state index in [2.05, 4.69) is 11.1 Å². The van der Waals surface area contributed by atoms with Crippen LogP contribution in [0.2, 0.25) is 0 Å². The van der Waals surface area contributed by atoms with Gasteiger partial charge >= 0.3 is 0 Å². The van der Waals surface area contributed by atoms with Crippen molar-refractivity contribution in [2.24, 2.45) is 0 Å². The molecule has 3 heteroatoms. The summed E-state index contributed by atoms with van der Waals surface area (Å²) in [7, 11) is 0. The lowest BCUT2D eigenvalue weighted by Crippen LogP contribution is -2.20. The zero-order valence-electron chi connectivity index (χ0n) is 10.4. The number of aromatic amines is 1. The topological polar surface area (TPSA) is 45.2 Å². The van der Waals surface area contributed by atoms with Crippen LogP contribution < -0.4 is 0 Å². The predicted molar refractivity (Wildman–Crippen MR) is 68.1 cm³/mol. The Bertz CT molecular complexity index is 291. The number of aromatic nitrogens is 1. The quantitative estimate of drug-likeness (QED) is 0.799. The highest BCUT2D eigenvalue weighted by Gasteiger charge is 2.18. The molecule has 1 saturated heterocycles. The van der Waals surface area contributed by atoms with Crippen LogP contribution in [0.4, 0.5) is 0 Å². The molecule has 3 nitrogen and oxygen atoms in total. The van der Waals surface area contributed by atoms with Gasteiger partial charge < -0.3 is 14.8 Å². The van der Waals surface area contributed by atoms with Crippen LogP contribution >= 0.6 is 0 Å². The molecule has 1 aromatic rings. The van der Waals surface area contributed by atoms with E-state index >= 15 is 0 Å². The lowest BCUT2D eigenvalue weighted by atomic mass is 9.93. The van der Waals surface area contributed by atoms with Crippen molar-refractivity contribution in [1.29, 1.82) is 0 Å². The van der Waals surface area contributed by atoms with Crippen LogP contribution in [0.15, 0.2) is 18.3 Å². The van der Waals surface area contributed by atoms with Crippen molar-refractivity contribution in [3.05, 3.63) is 24.0 Å². The molecule has 0 saturated carbocycles. The minimum atomic E-state index is 0.259. The van der Waals surface area contributed by atoms with Gasteiger partial charge in [0, 0.05) is 31.0 Å². The second-order valence-electron chi connectivity index (χ2n) is 4.90. The van der Waals surface area contributed by atoms with Crippen molar-refractivity contribution in [2.75, 3.05) is 13.2 Å². The first-order valence-electron chi connectivity index (χ1n) is 6.76. The minimum Gasteiger partial charge on any atom is -0.396 e. The fourth-order valence-electron chi connectivity index (χ4n) is 2.63. The summed E-state index contributed by atoms with van der Waals surface area (Å²) in [4.78, 5) is 3.26. The lowest BCUT2D eigenvalue weighted by Gasteiger charge is -2.24. The molecule has 17 heavy (non-hydrogen) atoms. The first-order valence-corrected chi connectivity index (χ1v) is 6.76. The molecule has 0 radical (unpaired) electrons. The second-order valence-corrected chi connectivity index (χ2v) is 4.90. The number of nitrogens with one attached hydrogen (secondary N) is 1. The molecule has 96 valence electrons. The van der Waals surface area contributed by atoms with Crippen LogP contribution in [0.25, 0.3) is 0 Å². The van der Waals surface area contributed by atoms with E-state index in [9.17, 15) is 0 Å². The van der Waals surface area contributed by atoms with Gasteiger partial charge in [-0.3, -0.25) is 0 Å². The second kappa shape index (κ2) is 6.82. The molecule has 0 aromatic carbocycles. The van der Waals surface area contributed by atoms with Crippen LogP contribution in [-0.4, -0.2) is 29.4 Å². The van der Waals surface area contributed by atoms with Gasteiger partial charge in [0.25, 0.3) is 0 Å². The molecule has 1 fully saturated rings. The SMILES string of the molecule is OCCC(CCC1CCCCO1)c1ccc[nH]1. The maximum absolute atomic E-state index is 9.13. The molecule has 2 unspecified atom stereocenters. The number of ether oxygens (including phenoxy) is 1. The molecule has 1 aliphatic rings. The zero-order chi connectivity index (χ0) is 11.9. The van der Waals surface area contributed by atoms with Gasteiger partial charge in [-0.1, -0.05) is 0 Å². The summed E-state index contributed by atoms with van der Waals surface area (Å²) in [5, 5.41) is 9.13. The summed E-state index contributed by atoms with van der Waals surface area (Å²) in [6.45, 7) is 1.19. The number of hydrogen-bond acceptors (Lipinski definition) is 2. The summed E-state index contributed by atoms with van der Waals surface area (Å²) in [5.41, 5.74) is 1.25. The molecule has 2 N–H and O–H groups in total. The van der Waals surface area contributed by atoms with E-state index in [0.717, 1.165) is 25.9 Å². The van der Waals surface area contributed by atoms with Crippen molar-refractivity contribution >= 4 is 0 Å². The van der Waals surface area contributed by atoms with Crippen LogP contribution in [0.5, 0.6) is 0 Å². The number of rotatable bonds is 6. The summed E-state index contributed by atoms with van der Waals surface area (Å²) >= 11 is 0. The van der Waals surface area contributed by atoms with Crippen molar-refractivity contribution in [1.82, 2.24) is 4.98 Å². The van der Waals surface area contributed by atoms with E-state index in [0.29, 0.717) is 12.0 Å². The molecule has 0 bridgehead atoms. The molecule has 2 atom stereocenters. The normalized spacial score (nSPS) is 22.5. The Morgan fingerprint density at radius 1 is 1.41 bits per heavy atom. The van der Waals surface area contributed by atoms with Gasteiger partial charge in [-0.25, -0.2) is 0 Å². The van der Waals surface area contributed by atoms with Gasteiger partial charge in [-0.15, -0.1) is 0 Å². The molecule has 2 rings (SSSR count). The molecule has 0 spiro atoms. The zero-order valence-corrected chi connectivity index (χ0v) is 10.4. The van der Waals surface area contributed by atoms with Gasteiger partial charge in [0.15, 0.2) is 0 Å². The fourth-order valence-corrected chi connectivity index (χ4v) is 2.63. The maximum Gasteiger partial charge on any atom is 0.0575 e. The highest BCUT2D eigenvalue weighted by molar-refractivity contribution is 5.09. The number of aliphatic hydroxyl groups excluding tert-OH is 1. The smallest absolute Gasteiger partial charge is 0.0575 e. The van der Waals surface area contributed by atoms with Gasteiger partial charge in [-0.05, 0) is 50.7 Å². The van der Waals surface area contributed by atoms with Gasteiger partial charge in [0.1, 0.15) is 0 Å². The van der Waals surface area contributed by atoms with Crippen LogP contribution in [0.1, 0.15) is 50.1 Å². The summed E-state index contributed by atoms with van der Waals surface area (Å²) in [6, 6.07) is 4.14. The lowest BCUT2D eigenvalue weighted by molar-refractivity contribution is 0.00864. The van der Waals surface area contributed by atoms with E-state index in [-0.39, 0.29) is 6.61 Å². The van der Waals surface area contributed by atoms with E-state index < -0.39 is 0 Å². The number of H-pyrrole nitrogens is 1. The molecule has 0 aliphatic carbocycles. The van der Waals surface area contributed by atoms with Gasteiger partial charge in [0.05, 0.1) is 6.10 Å². The number of hydrogen-bond donors (Lipinski definition) is 2. The first kappa shape index (κ1) is 12.7. The third-order valence-electron chi connectivity index (χ3n) is 3.65. The third kappa shape index (κ3) is 3.86. The van der Waals surface area contributed by atoms with Crippen molar-refractivity contribution < 1.29 is 9.84 Å². The van der Waals surface area contributed by atoms with Crippen LogP contribution in [0, 0.1) is 0 Å². The Morgan fingerprint density at radius 3 is 3.00 bits per heavy atom. The standard InChI is InChI=1S/C14H23NO2/c16-10-8-12(14-5-3-9-15-14)6-7-13-4-1-2-11-17-13/h3,5,9,12-13,15-16H,1-2,4,6-8,10-11H2. The molecule has 0 amide bonds. The molecular formula is C14H23NO2. The monoisotopic (exact) mass is 237 g/mol. The average Bonchev–Trinajstić information content (AvgIpc) is 2.89. The van der Waals surface area contributed by atoms with Crippen LogP contribution in [-0.2, 0) is 4.74 Å². The highest BCUT2D eigenvalue weighted by atomic mass is 16.5. The first-order chi connectivity index (χ1) is 8.40. The Morgan fingerprint density at radius 2 is 2.35 bits per heavy atom. The van der Waals surface area contributed by atoms with Crippen molar-refractivity contribution in [3.63, 3.8) is 0 Å². The van der Waals surface area contributed by atoms with E-state index in [1.54, 1.807) is 0 Å². The van der Waals surface area contributed by atoms with E-state index in [1.807, 2.05) is 12.3 Å². The third-order valence-corrected chi connectivity index (χ3v) is 3.65. The summed E-state index contributed by atoms with van der Waals surface area (Å²) in [5.74, 6) is 0.445. The predicted octanol–water partition coefficient (Wildman–Crippen LogP) is 2.83. The Balaban J connectivity index is 1.81. The maximum atomic E-state index is 9.13. The number of aliphatic hydroxyl groups is 1. The molecular weight excluding hydrogens is 214 g/mol. The Kier molecular flexibility index (Phi) is 5.08. The molecule has 1 aliphatic heterocycles. The van der Waals surface area contributed by atoms with Gasteiger partial charge in [0.2, 0.25) is 0 Å². The van der Waals surface area contributed by atoms with E-state index in [1.165, 1.54) is 25.0 Å². The molecule has 2 heterocycles. The highest BCUT2D eigenvalue weighted by Crippen LogP contribution is 2.26. The van der Waals surface area contributed by atoms with Crippen LogP contribution in [0.3, 0.4) is 0 Å². The van der Waals surface area contributed by atoms with Crippen molar-refractivity contribution in [2.45, 2.75) is 50.5 Å². The largest absolute Gasteiger partial charge is 0.396 e. The van der Waals surface area contributed by atoms with E-state index in [4.69, 9.17) is 9.84 Å². The molecule has 1 aromatic heterocycles. The Hall–Kier alpha value is -0.800. The van der Waals surface area contributed by atoms with Gasteiger partial charge in [-0.2, -0.15) is 0 Å². The van der Waals surface area contributed by atoms with Crippen molar-refractivity contribution in [3.8, 4) is 0 Å². The average molecular weight is 237 g/mol. The fraction of sp³-hybridized carbons (Fsp3) is 0.714. The Labute approximate surface area is 103 Å².